The van der Waals surface area contributed by atoms with Gasteiger partial charge in [-0.25, -0.2) is 9.59 Å². The van der Waals surface area contributed by atoms with Gasteiger partial charge in [0.05, 0.1) is 38.2 Å². The summed E-state index contributed by atoms with van der Waals surface area (Å²) in [6.07, 6.45) is 0.378. The summed E-state index contributed by atoms with van der Waals surface area (Å²) < 4.78 is 29.0. The molecule has 244 valence electrons. The number of hydrogen-bond acceptors (Lipinski definition) is 10. The van der Waals surface area contributed by atoms with Crippen LogP contribution in [0, 0.1) is 0 Å². The third-order valence-electron chi connectivity index (χ3n) is 6.70. The average Bonchev–Trinajstić information content (AvgIpc) is 3.04. The van der Waals surface area contributed by atoms with Crippen LogP contribution in [-0.4, -0.2) is 56.5 Å². The highest BCUT2D eigenvalue weighted by molar-refractivity contribution is 9.10. The maximum Gasteiger partial charge on any atom is 0.337 e. The molecule has 12 nitrogen and oxygen atoms in total. The van der Waals surface area contributed by atoms with E-state index in [4.69, 9.17) is 23.7 Å². The van der Waals surface area contributed by atoms with Gasteiger partial charge in [0.2, 0.25) is 0 Å². The van der Waals surface area contributed by atoms with E-state index in [1.165, 1.54) is 7.11 Å². The van der Waals surface area contributed by atoms with Gasteiger partial charge >= 0.3 is 12.0 Å². The molecule has 3 aromatic rings. The molecule has 2 amide bonds. The molecule has 0 saturated heterocycles. The molecule has 0 saturated carbocycles. The van der Waals surface area contributed by atoms with Gasteiger partial charge in [0.25, 0.3) is 0 Å². The fourth-order valence-corrected chi connectivity index (χ4v) is 5.01. The van der Waals surface area contributed by atoms with E-state index in [1.807, 2.05) is 50.2 Å². The minimum absolute atomic E-state index is 0.162. The number of nitrogens with zero attached hydrogens (tertiary/aromatic N) is 1. The van der Waals surface area contributed by atoms with Gasteiger partial charge in [-0.05, 0) is 72.1 Å². The Hall–Kier alpha value is -4.75. The summed E-state index contributed by atoms with van der Waals surface area (Å²) in [4.78, 5) is 24.6. The zero-order chi connectivity index (χ0) is 33.1. The largest absolute Gasteiger partial charge is 0.490 e. The Balaban J connectivity index is 1.40. The van der Waals surface area contributed by atoms with Crippen LogP contribution in [0.15, 0.2) is 81.5 Å². The smallest absolute Gasteiger partial charge is 0.337 e. The molecule has 46 heavy (non-hydrogen) atoms. The average molecular weight is 698 g/mol. The van der Waals surface area contributed by atoms with Gasteiger partial charge in [0.15, 0.2) is 29.2 Å². The van der Waals surface area contributed by atoms with E-state index in [2.05, 4.69) is 37.1 Å². The molecule has 1 aliphatic heterocycles. The van der Waals surface area contributed by atoms with E-state index in [-0.39, 0.29) is 12.2 Å². The molecule has 1 aliphatic rings. The van der Waals surface area contributed by atoms with Crippen LogP contribution in [0.25, 0.3) is 0 Å². The molecule has 0 bridgehead atoms. The first kappa shape index (κ1) is 34.1. The summed E-state index contributed by atoms with van der Waals surface area (Å²) in [6.45, 7) is 6.35. The molecular weight excluding hydrogens is 660 g/mol. The van der Waals surface area contributed by atoms with Crippen molar-refractivity contribution >= 4 is 34.1 Å². The number of halogens is 1. The number of ether oxygens (including phenoxy) is 5. The standard InChI is InChI=1S/C33H37BrN4O8/c1-5-43-26-14-22(31-30(32(40)42-4)20(3)36-33(41)37-31)12-13-25(26)46-19-29(39)38-35-17-23-15-27(44-6-2)28(16-24(23)34)45-18-21-10-8-7-9-11-21/h7-17,29,31,38-39H,5-6,18-19H2,1-4H3,(H2,36,37,41)/b35-17-/t29-,31-/m0/s1. The van der Waals surface area contributed by atoms with Crippen LogP contribution in [0.4, 0.5) is 4.79 Å². The molecule has 0 spiro atoms. The van der Waals surface area contributed by atoms with E-state index in [1.54, 1.807) is 37.4 Å². The SMILES string of the molecule is CCOc1cc(/C=N\N[C@@H](O)COc2ccc([C@@H]3NC(=O)NC(C)=C3C(=O)OC)cc2OCC)c(Br)cc1OCc1ccccc1. The molecule has 4 rings (SSSR count). The van der Waals surface area contributed by atoms with Crippen LogP contribution in [0.5, 0.6) is 23.0 Å². The Bertz CT molecular complexity index is 1580. The number of benzene rings is 3. The van der Waals surface area contributed by atoms with Gasteiger partial charge in [0, 0.05) is 15.7 Å². The molecule has 0 unspecified atom stereocenters. The lowest BCUT2D eigenvalue weighted by atomic mass is 9.95. The predicted octanol–water partition coefficient (Wildman–Crippen LogP) is 4.95. The third-order valence-corrected chi connectivity index (χ3v) is 7.39. The monoisotopic (exact) mass is 696 g/mol. The van der Waals surface area contributed by atoms with Crippen molar-refractivity contribution in [1.29, 1.82) is 0 Å². The third kappa shape index (κ3) is 8.92. The number of amides is 2. The highest BCUT2D eigenvalue weighted by Crippen LogP contribution is 2.36. The number of hydrogen-bond donors (Lipinski definition) is 4. The molecule has 0 radical (unpaired) electrons. The normalized spacial score (nSPS) is 15.1. The number of rotatable bonds is 15. The van der Waals surface area contributed by atoms with Crippen molar-refractivity contribution < 1.29 is 38.4 Å². The molecule has 3 aromatic carbocycles. The van der Waals surface area contributed by atoms with Gasteiger partial charge in [-0.2, -0.15) is 5.10 Å². The number of esters is 1. The van der Waals surface area contributed by atoms with Crippen LogP contribution >= 0.6 is 15.9 Å². The second-order valence-electron chi connectivity index (χ2n) is 9.94. The Labute approximate surface area is 275 Å². The quantitative estimate of drug-likeness (QED) is 0.0750. The van der Waals surface area contributed by atoms with E-state index in [0.717, 1.165) is 10.0 Å². The van der Waals surface area contributed by atoms with E-state index < -0.39 is 24.3 Å². The zero-order valence-corrected chi connectivity index (χ0v) is 27.6. The Morgan fingerprint density at radius 3 is 2.39 bits per heavy atom. The van der Waals surface area contributed by atoms with Crippen molar-refractivity contribution in [2.75, 3.05) is 26.9 Å². The maximum atomic E-state index is 12.5. The number of carbonyl (C=O) groups is 2. The summed E-state index contributed by atoms with van der Waals surface area (Å²) in [7, 11) is 1.28. The summed E-state index contributed by atoms with van der Waals surface area (Å²) >= 11 is 3.56. The van der Waals surface area contributed by atoms with E-state index in [0.29, 0.717) is 59.6 Å². The highest BCUT2D eigenvalue weighted by atomic mass is 79.9. The highest BCUT2D eigenvalue weighted by Gasteiger charge is 2.32. The van der Waals surface area contributed by atoms with Crippen LogP contribution in [-0.2, 0) is 16.1 Å². The summed E-state index contributed by atoms with van der Waals surface area (Å²) in [5.74, 6) is 1.30. The molecule has 0 aliphatic carbocycles. The van der Waals surface area contributed by atoms with Crippen molar-refractivity contribution in [3.05, 3.63) is 93.1 Å². The minimum Gasteiger partial charge on any atom is -0.490 e. The first-order valence-electron chi connectivity index (χ1n) is 14.6. The van der Waals surface area contributed by atoms with Gasteiger partial charge in [0.1, 0.15) is 13.2 Å². The van der Waals surface area contributed by atoms with Crippen LogP contribution in [0.1, 0.15) is 43.5 Å². The molecule has 4 N–H and O–H groups in total. The lowest BCUT2D eigenvalue weighted by molar-refractivity contribution is -0.136. The second-order valence-corrected chi connectivity index (χ2v) is 10.8. The minimum atomic E-state index is -1.16. The zero-order valence-electron chi connectivity index (χ0n) is 26.0. The van der Waals surface area contributed by atoms with Gasteiger partial charge in [-0.15, -0.1) is 0 Å². The number of nitrogens with one attached hydrogen (secondary N) is 3. The lowest BCUT2D eigenvalue weighted by Crippen LogP contribution is -2.45. The molecule has 1 heterocycles. The van der Waals surface area contributed by atoms with Gasteiger partial charge < -0.3 is 39.4 Å². The number of allylic oxidation sites excluding steroid dienone is 1. The molecule has 13 heteroatoms. The van der Waals surface area contributed by atoms with E-state index >= 15 is 0 Å². The Morgan fingerprint density at radius 1 is 1.00 bits per heavy atom. The molecule has 0 fully saturated rings. The molecule has 2 atom stereocenters. The molecule has 0 aromatic heterocycles. The predicted molar refractivity (Wildman–Crippen MR) is 175 cm³/mol. The summed E-state index contributed by atoms with van der Waals surface area (Å²) in [6, 6.07) is 17.2. The van der Waals surface area contributed by atoms with Crippen LogP contribution < -0.4 is 35.0 Å². The number of aliphatic hydroxyl groups excluding tert-OH is 1. The first-order valence-corrected chi connectivity index (χ1v) is 15.4. The number of urea groups is 1. The van der Waals surface area contributed by atoms with Crippen molar-refractivity contribution in [3.63, 3.8) is 0 Å². The van der Waals surface area contributed by atoms with E-state index in [9.17, 15) is 14.7 Å². The lowest BCUT2D eigenvalue weighted by Gasteiger charge is -2.28. The fourth-order valence-electron chi connectivity index (χ4n) is 4.58. The number of carbonyl (C=O) groups excluding carboxylic acids is 2. The van der Waals surface area contributed by atoms with Crippen molar-refractivity contribution in [3.8, 4) is 23.0 Å². The topological polar surface area (TPSA) is 149 Å². The van der Waals surface area contributed by atoms with Gasteiger partial charge in [-0.3, -0.25) is 5.43 Å². The number of hydrazone groups is 1. The number of aliphatic hydroxyl groups is 1. The summed E-state index contributed by atoms with van der Waals surface area (Å²) in [5, 5.41) is 20.0. The maximum absolute atomic E-state index is 12.5. The van der Waals surface area contributed by atoms with Crippen molar-refractivity contribution in [2.45, 2.75) is 39.6 Å². The van der Waals surface area contributed by atoms with Crippen LogP contribution in [0.2, 0.25) is 0 Å². The fraction of sp³-hybridized carbons (Fsp3) is 0.303. The second kappa shape index (κ2) is 16.5. The molecular formula is C33H37BrN4O8. The van der Waals surface area contributed by atoms with Crippen molar-refractivity contribution in [2.24, 2.45) is 5.10 Å². The number of methoxy groups -OCH3 is 1. The first-order chi connectivity index (χ1) is 22.2. The van der Waals surface area contributed by atoms with Crippen LogP contribution in [0.3, 0.4) is 0 Å². The van der Waals surface area contributed by atoms with Crippen molar-refractivity contribution in [1.82, 2.24) is 16.1 Å². The van der Waals surface area contributed by atoms with Gasteiger partial charge in [-0.1, -0.05) is 36.4 Å². The summed E-state index contributed by atoms with van der Waals surface area (Å²) in [5.41, 5.74) is 5.62. The Kier molecular flexibility index (Phi) is 12.3. The Morgan fingerprint density at radius 2 is 1.70 bits per heavy atom.